The first-order chi connectivity index (χ1) is 7.99. The predicted octanol–water partition coefficient (Wildman–Crippen LogP) is 0.0442. The summed E-state index contributed by atoms with van der Waals surface area (Å²) in [7, 11) is -3.14. The minimum atomic E-state index is -3.14. The lowest BCUT2D eigenvalue weighted by Gasteiger charge is -2.28. The second-order valence-corrected chi connectivity index (χ2v) is 6.63. The van der Waals surface area contributed by atoms with Crippen LogP contribution in [0.15, 0.2) is 0 Å². The van der Waals surface area contributed by atoms with Crippen molar-refractivity contribution < 1.29 is 23.1 Å². The molecule has 0 aromatic heterocycles. The van der Waals surface area contributed by atoms with Crippen LogP contribution in [0.25, 0.3) is 0 Å². The van der Waals surface area contributed by atoms with E-state index in [1.807, 2.05) is 0 Å². The molecule has 0 spiro atoms. The summed E-state index contributed by atoms with van der Waals surface area (Å²) in [6.45, 7) is 0.825. The maximum absolute atomic E-state index is 11.7. The summed E-state index contributed by atoms with van der Waals surface area (Å²) in [5, 5.41) is 8.78. The highest BCUT2D eigenvalue weighted by molar-refractivity contribution is 7.89. The lowest BCUT2D eigenvalue weighted by molar-refractivity contribution is -0.149. The number of ether oxygens (including phenoxy) is 1. The number of nitrogens with zero attached hydrogens (tertiary/aromatic N) is 1. The summed E-state index contributed by atoms with van der Waals surface area (Å²) in [4.78, 5) is 10.7. The molecule has 0 aliphatic carbocycles. The van der Waals surface area contributed by atoms with Gasteiger partial charge in [-0.25, -0.2) is 13.2 Å². The first-order valence-electron chi connectivity index (χ1n) is 5.85. The van der Waals surface area contributed by atoms with Crippen LogP contribution in [0.4, 0.5) is 0 Å². The fourth-order valence-electron chi connectivity index (χ4n) is 2.29. The number of aliphatic carboxylic acids is 1. The van der Waals surface area contributed by atoms with Crippen LogP contribution in [0.3, 0.4) is 0 Å². The standard InChI is InChI=1S/C10H17NO5S/c12-10(13)9-4-3-8(16-9)7-11-5-1-2-6-17(11,14)15/h8-9H,1-7H2,(H,12,13). The van der Waals surface area contributed by atoms with E-state index in [-0.39, 0.29) is 11.9 Å². The van der Waals surface area contributed by atoms with E-state index >= 15 is 0 Å². The molecule has 2 saturated heterocycles. The minimum Gasteiger partial charge on any atom is -0.479 e. The maximum atomic E-state index is 11.7. The Kier molecular flexibility index (Phi) is 3.70. The third-order valence-corrected chi connectivity index (χ3v) is 5.17. The molecule has 0 saturated carbocycles. The number of carboxylic acid groups (broad SMARTS) is 1. The highest BCUT2D eigenvalue weighted by atomic mass is 32.2. The van der Waals surface area contributed by atoms with Gasteiger partial charge in [0, 0.05) is 13.1 Å². The van der Waals surface area contributed by atoms with Crippen molar-refractivity contribution in [1.29, 1.82) is 0 Å². The van der Waals surface area contributed by atoms with E-state index in [1.165, 1.54) is 4.31 Å². The molecule has 0 aromatic rings. The zero-order valence-electron chi connectivity index (χ0n) is 9.54. The normalized spacial score (nSPS) is 33.6. The topological polar surface area (TPSA) is 83.9 Å². The van der Waals surface area contributed by atoms with E-state index < -0.39 is 22.1 Å². The van der Waals surface area contributed by atoms with Crippen molar-refractivity contribution in [3.63, 3.8) is 0 Å². The molecule has 6 nitrogen and oxygen atoms in total. The van der Waals surface area contributed by atoms with Crippen molar-refractivity contribution in [2.75, 3.05) is 18.8 Å². The zero-order chi connectivity index (χ0) is 12.5. The largest absolute Gasteiger partial charge is 0.479 e. The van der Waals surface area contributed by atoms with Crippen LogP contribution in [-0.4, -0.2) is 54.8 Å². The summed E-state index contributed by atoms with van der Waals surface area (Å²) in [5.41, 5.74) is 0. The minimum absolute atomic E-state index is 0.197. The Labute approximate surface area is 101 Å². The molecular formula is C10H17NO5S. The molecule has 7 heteroatoms. The van der Waals surface area contributed by atoms with Gasteiger partial charge in [0.15, 0.2) is 6.10 Å². The Morgan fingerprint density at radius 3 is 2.71 bits per heavy atom. The van der Waals surface area contributed by atoms with Crippen LogP contribution in [0.2, 0.25) is 0 Å². The fraction of sp³-hybridized carbons (Fsp3) is 0.900. The molecular weight excluding hydrogens is 246 g/mol. The van der Waals surface area contributed by atoms with Crippen molar-refractivity contribution in [1.82, 2.24) is 4.31 Å². The van der Waals surface area contributed by atoms with Crippen molar-refractivity contribution in [2.45, 2.75) is 37.9 Å². The Morgan fingerprint density at radius 1 is 1.35 bits per heavy atom. The lowest BCUT2D eigenvalue weighted by Crippen LogP contribution is -2.42. The second-order valence-electron chi connectivity index (χ2n) is 4.54. The SMILES string of the molecule is O=C(O)C1CCC(CN2CCCCS2(=O)=O)O1. The van der Waals surface area contributed by atoms with Gasteiger partial charge in [-0.1, -0.05) is 0 Å². The predicted molar refractivity (Wildman–Crippen MR) is 60.1 cm³/mol. The number of carbonyl (C=O) groups is 1. The van der Waals surface area contributed by atoms with Crippen LogP contribution in [-0.2, 0) is 19.6 Å². The first kappa shape index (κ1) is 12.8. The lowest BCUT2D eigenvalue weighted by atomic mass is 10.2. The summed E-state index contributed by atoms with van der Waals surface area (Å²) in [5.74, 6) is -0.767. The van der Waals surface area contributed by atoms with Gasteiger partial charge >= 0.3 is 5.97 Å². The molecule has 1 N–H and O–H groups in total. The van der Waals surface area contributed by atoms with Crippen molar-refractivity contribution in [3.8, 4) is 0 Å². The van der Waals surface area contributed by atoms with Crippen molar-refractivity contribution in [3.05, 3.63) is 0 Å². The van der Waals surface area contributed by atoms with Gasteiger partial charge in [-0.05, 0) is 25.7 Å². The summed E-state index contributed by atoms with van der Waals surface area (Å²) < 4.78 is 30.2. The first-order valence-corrected chi connectivity index (χ1v) is 7.46. The van der Waals surface area contributed by atoms with Crippen LogP contribution in [0.5, 0.6) is 0 Å². The average Bonchev–Trinajstić information content (AvgIpc) is 2.70. The number of hydrogen-bond acceptors (Lipinski definition) is 4. The Bertz CT molecular complexity index is 394. The van der Waals surface area contributed by atoms with Crippen LogP contribution in [0, 0.1) is 0 Å². The van der Waals surface area contributed by atoms with E-state index in [9.17, 15) is 13.2 Å². The van der Waals surface area contributed by atoms with Crippen LogP contribution >= 0.6 is 0 Å². The fourth-order valence-corrected chi connectivity index (χ4v) is 3.92. The molecule has 2 fully saturated rings. The molecule has 2 rings (SSSR count). The zero-order valence-corrected chi connectivity index (χ0v) is 10.4. The summed E-state index contributed by atoms with van der Waals surface area (Å²) in [6, 6.07) is 0. The van der Waals surface area contributed by atoms with E-state index in [4.69, 9.17) is 9.84 Å². The molecule has 0 radical (unpaired) electrons. The van der Waals surface area contributed by atoms with Gasteiger partial charge in [0.2, 0.25) is 10.0 Å². The smallest absolute Gasteiger partial charge is 0.332 e. The van der Waals surface area contributed by atoms with Crippen molar-refractivity contribution >= 4 is 16.0 Å². The Morgan fingerprint density at radius 2 is 2.12 bits per heavy atom. The van der Waals surface area contributed by atoms with E-state index in [2.05, 4.69) is 0 Å². The highest BCUT2D eigenvalue weighted by Gasteiger charge is 2.34. The molecule has 17 heavy (non-hydrogen) atoms. The van der Waals surface area contributed by atoms with Gasteiger partial charge in [-0.3, -0.25) is 0 Å². The van der Waals surface area contributed by atoms with Gasteiger partial charge < -0.3 is 9.84 Å². The maximum Gasteiger partial charge on any atom is 0.332 e. The number of rotatable bonds is 3. The molecule has 2 unspecified atom stereocenters. The van der Waals surface area contributed by atoms with Crippen LogP contribution < -0.4 is 0 Å². The van der Waals surface area contributed by atoms with Gasteiger partial charge in [0.25, 0.3) is 0 Å². The summed E-state index contributed by atoms with van der Waals surface area (Å²) >= 11 is 0. The van der Waals surface area contributed by atoms with Gasteiger partial charge in [-0.2, -0.15) is 4.31 Å². The van der Waals surface area contributed by atoms with E-state index in [0.717, 1.165) is 6.42 Å². The number of hydrogen-bond donors (Lipinski definition) is 1. The third kappa shape index (κ3) is 2.97. The van der Waals surface area contributed by atoms with Gasteiger partial charge in [-0.15, -0.1) is 0 Å². The number of sulfonamides is 1. The Hall–Kier alpha value is -0.660. The monoisotopic (exact) mass is 263 g/mol. The molecule has 98 valence electrons. The quantitative estimate of drug-likeness (QED) is 0.777. The van der Waals surface area contributed by atoms with Crippen LogP contribution in [0.1, 0.15) is 25.7 Å². The average molecular weight is 263 g/mol. The van der Waals surface area contributed by atoms with Gasteiger partial charge in [0.05, 0.1) is 11.9 Å². The number of carboxylic acids is 1. The van der Waals surface area contributed by atoms with Crippen molar-refractivity contribution in [2.24, 2.45) is 0 Å². The molecule has 0 bridgehead atoms. The van der Waals surface area contributed by atoms with E-state index in [0.29, 0.717) is 32.4 Å². The second kappa shape index (κ2) is 4.91. The molecule has 2 heterocycles. The van der Waals surface area contributed by atoms with E-state index in [1.54, 1.807) is 0 Å². The third-order valence-electron chi connectivity index (χ3n) is 3.24. The van der Waals surface area contributed by atoms with Gasteiger partial charge in [0.1, 0.15) is 0 Å². The molecule has 2 aliphatic heterocycles. The molecule has 0 amide bonds. The molecule has 2 atom stereocenters. The molecule has 2 aliphatic rings. The highest BCUT2D eigenvalue weighted by Crippen LogP contribution is 2.23. The summed E-state index contributed by atoms with van der Waals surface area (Å²) in [6.07, 6.45) is 1.62. The molecule has 0 aromatic carbocycles. The Balaban J connectivity index is 1.91.